The second kappa shape index (κ2) is 4.17. The highest BCUT2D eigenvalue weighted by atomic mass is 16.3. The van der Waals surface area contributed by atoms with Gasteiger partial charge in [-0.15, -0.1) is 0 Å². The van der Waals surface area contributed by atoms with Gasteiger partial charge in [-0.05, 0) is 32.7 Å². The van der Waals surface area contributed by atoms with Gasteiger partial charge in [-0.3, -0.25) is 0 Å². The van der Waals surface area contributed by atoms with Crippen LogP contribution in [0.15, 0.2) is 54.6 Å². The average Bonchev–Trinajstić information content (AvgIpc) is 2.50. The molecule has 0 aliphatic heterocycles. The molecule has 0 fully saturated rings. The summed E-state index contributed by atoms with van der Waals surface area (Å²) in [5.74, 6) is 0. The van der Waals surface area contributed by atoms with E-state index in [1.807, 2.05) is 30.3 Å². The lowest BCUT2D eigenvalue weighted by Gasteiger charge is -2.24. The Morgan fingerprint density at radius 2 is 1.55 bits per heavy atom. The van der Waals surface area contributed by atoms with Crippen LogP contribution in [-0.2, 0) is 0 Å². The first kappa shape index (κ1) is 11.6. The van der Waals surface area contributed by atoms with Gasteiger partial charge in [0.25, 0.3) is 0 Å². The number of aliphatic hydroxyl groups excluding tert-OH is 2. The molecule has 0 bridgehead atoms. The van der Waals surface area contributed by atoms with Crippen molar-refractivity contribution in [3.05, 3.63) is 65.7 Å². The molecule has 98 valence electrons. The molecule has 2 N–H and O–H groups in total. The van der Waals surface area contributed by atoms with Crippen molar-refractivity contribution in [3.63, 3.8) is 0 Å². The number of benzene rings is 3. The quantitative estimate of drug-likeness (QED) is 0.609. The summed E-state index contributed by atoms with van der Waals surface area (Å²) in [6.45, 7) is 0. The first-order chi connectivity index (χ1) is 9.75. The molecule has 1 aliphatic carbocycles. The first-order valence-corrected chi connectivity index (χ1v) is 6.74. The Balaban J connectivity index is 2.15. The molecule has 20 heavy (non-hydrogen) atoms. The lowest BCUT2D eigenvalue weighted by Crippen LogP contribution is -2.19. The molecule has 0 saturated carbocycles. The van der Waals surface area contributed by atoms with Crippen molar-refractivity contribution in [1.29, 1.82) is 0 Å². The van der Waals surface area contributed by atoms with Crippen molar-refractivity contribution < 1.29 is 10.2 Å². The van der Waals surface area contributed by atoms with E-state index in [1.165, 1.54) is 10.8 Å². The molecule has 3 aromatic rings. The third kappa shape index (κ3) is 1.52. The maximum atomic E-state index is 10.3. The van der Waals surface area contributed by atoms with E-state index in [0.717, 1.165) is 21.9 Å². The predicted octanol–water partition coefficient (Wildman–Crippen LogP) is 3.41. The third-order valence-electron chi connectivity index (χ3n) is 4.09. The van der Waals surface area contributed by atoms with Crippen molar-refractivity contribution in [3.8, 4) is 0 Å². The van der Waals surface area contributed by atoms with Gasteiger partial charge in [-0.2, -0.15) is 0 Å². The van der Waals surface area contributed by atoms with Gasteiger partial charge in [-0.25, -0.2) is 0 Å². The van der Waals surface area contributed by atoms with Gasteiger partial charge in [0.05, 0.1) is 0 Å². The van der Waals surface area contributed by atoms with Crippen LogP contribution >= 0.6 is 0 Å². The molecule has 0 heterocycles. The molecule has 4 rings (SSSR count). The van der Waals surface area contributed by atoms with Gasteiger partial charge in [0.2, 0.25) is 0 Å². The van der Waals surface area contributed by atoms with Crippen LogP contribution < -0.4 is 0 Å². The summed E-state index contributed by atoms with van der Waals surface area (Å²) < 4.78 is 0. The summed E-state index contributed by atoms with van der Waals surface area (Å²) in [6.07, 6.45) is 1.82. The van der Waals surface area contributed by atoms with E-state index >= 15 is 0 Å². The van der Waals surface area contributed by atoms with Crippen molar-refractivity contribution in [2.75, 3.05) is 0 Å². The molecule has 2 atom stereocenters. The fourth-order valence-corrected chi connectivity index (χ4v) is 3.08. The van der Waals surface area contributed by atoms with Crippen molar-refractivity contribution in [2.24, 2.45) is 0 Å². The maximum Gasteiger partial charge on any atom is 0.110 e. The lowest BCUT2D eigenvalue weighted by atomic mass is 9.87. The minimum atomic E-state index is -0.861. The molecular formula is C18H14O2. The van der Waals surface area contributed by atoms with Crippen molar-refractivity contribution in [2.45, 2.75) is 12.2 Å². The summed E-state index contributed by atoms with van der Waals surface area (Å²) in [5, 5.41) is 24.6. The highest BCUT2D eigenvalue weighted by Crippen LogP contribution is 2.36. The van der Waals surface area contributed by atoms with Gasteiger partial charge in [-0.1, -0.05) is 60.7 Å². The monoisotopic (exact) mass is 262 g/mol. The minimum Gasteiger partial charge on any atom is -0.386 e. The molecule has 0 unspecified atom stereocenters. The molecule has 2 nitrogen and oxygen atoms in total. The number of fused-ring (bicyclic) bond motifs is 5. The van der Waals surface area contributed by atoms with E-state index < -0.39 is 12.2 Å². The standard InChI is InChI=1S/C18H14O2/c19-16-10-7-12-6-8-14-13-4-2-1-3-11(13)5-9-15(14)17(12)18(16)20/h1-10,16,18-20H/t16-,18-/m1/s1. The summed E-state index contributed by atoms with van der Waals surface area (Å²) in [5.41, 5.74) is 1.80. The molecule has 0 spiro atoms. The fraction of sp³-hybridized carbons (Fsp3) is 0.111. The van der Waals surface area contributed by atoms with E-state index in [2.05, 4.69) is 24.3 Å². The summed E-state index contributed by atoms with van der Waals surface area (Å²) in [4.78, 5) is 0. The molecule has 0 radical (unpaired) electrons. The normalized spacial score (nSPS) is 21.3. The van der Waals surface area contributed by atoms with Crippen LogP contribution in [0, 0.1) is 0 Å². The van der Waals surface area contributed by atoms with Crippen molar-refractivity contribution >= 4 is 27.6 Å². The van der Waals surface area contributed by atoms with Crippen LogP contribution in [0.25, 0.3) is 27.6 Å². The lowest BCUT2D eigenvalue weighted by molar-refractivity contribution is 0.0480. The molecule has 3 aromatic carbocycles. The Morgan fingerprint density at radius 3 is 2.45 bits per heavy atom. The molecule has 1 aliphatic rings. The molecule has 2 heteroatoms. The van der Waals surface area contributed by atoms with Gasteiger partial charge in [0.1, 0.15) is 12.2 Å². The van der Waals surface area contributed by atoms with Crippen LogP contribution in [0.3, 0.4) is 0 Å². The minimum absolute atomic E-state index is 0.822. The number of aliphatic hydroxyl groups is 2. The zero-order valence-electron chi connectivity index (χ0n) is 10.8. The van der Waals surface area contributed by atoms with Gasteiger partial charge in [0, 0.05) is 0 Å². The second-order valence-electron chi connectivity index (χ2n) is 5.24. The van der Waals surface area contributed by atoms with E-state index in [-0.39, 0.29) is 0 Å². The van der Waals surface area contributed by atoms with Gasteiger partial charge >= 0.3 is 0 Å². The number of hydrogen-bond acceptors (Lipinski definition) is 2. The Kier molecular flexibility index (Phi) is 2.43. The zero-order valence-corrected chi connectivity index (χ0v) is 10.8. The summed E-state index contributed by atoms with van der Waals surface area (Å²) in [6, 6.07) is 16.4. The van der Waals surface area contributed by atoms with Crippen LogP contribution in [0.1, 0.15) is 17.2 Å². The highest BCUT2D eigenvalue weighted by molar-refractivity contribution is 6.09. The van der Waals surface area contributed by atoms with Gasteiger partial charge < -0.3 is 10.2 Å². The highest BCUT2D eigenvalue weighted by Gasteiger charge is 2.24. The van der Waals surface area contributed by atoms with E-state index in [4.69, 9.17) is 0 Å². The Labute approximate surface area is 116 Å². The second-order valence-corrected chi connectivity index (χ2v) is 5.24. The Hall–Kier alpha value is -2.16. The smallest absolute Gasteiger partial charge is 0.110 e. The van der Waals surface area contributed by atoms with E-state index in [0.29, 0.717) is 0 Å². The fourth-order valence-electron chi connectivity index (χ4n) is 3.08. The van der Waals surface area contributed by atoms with Crippen LogP contribution in [-0.4, -0.2) is 16.3 Å². The molecular weight excluding hydrogens is 248 g/mol. The average molecular weight is 262 g/mol. The summed E-state index contributed by atoms with van der Waals surface area (Å²) >= 11 is 0. The molecule has 0 aromatic heterocycles. The SMILES string of the molecule is O[C@@H]1C=Cc2ccc3c(ccc4ccccc43)c2[C@@H]1O. The Bertz CT molecular complexity index is 849. The van der Waals surface area contributed by atoms with Crippen molar-refractivity contribution in [1.82, 2.24) is 0 Å². The van der Waals surface area contributed by atoms with E-state index in [9.17, 15) is 10.2 Å². The third-order valence-corrected chi connectivity index (χ3v) is 4.09. The largest absolute Gasteiger partial charge is 0.386 e. The van der Waals surface area contributed by atoms with E-state index in [1.54, 1.807) is 6.08 Å². The van der Waals surface area contributed by atoms with Crippen LogP contribution in [0.5, 0.6) is 0 Å². The van der Waals surface area contributed by atoms with Crippen LogP contribution in [0.2, 0.25) is 0 Å². The first-order valence-electron chi connectivity index (χ1n) is 6.74. The number of rotatable bonds is 0. The van der Waals surface area contributed by atoms with Gasteiger partial charge in [0.15, 0.2) is 0 Å². The predicted molar refractivity (Wildman–Crippen MR) is 81.5 cm³/mol. The Morgan fingerprint density at radius 1 is 0.750 bits per heavy atom. The van der Waals surface area contributed by atoms with Crippen LogP contribution in [0.4, 0.5) is 0 Å². The summed E-state index contributed by atoms with van der Waals surface area (Å²) in [7, 11) is 0. The maximum absolute atomic E-state index is 10.3. The zero-order chi connectivity index (χ0) is 13.7. The number of hydrogen-bond donors (Lipinski definition) is 2. The molecule has 0 saturated heterocycles. The topological polar surface area (TPSA) is 40.5 Å². The molecule has 0 amide bonds.